The Labute approximate surface area is 219 Å². The zero-order valence-corrected chi connectivity index (χ0v) is 22.4. The van der Waals surface area contributed by atoms with Gasteiger partial charge in [-0.1, -0.05) is 39.0 Å². The van der Waals surface area contributed by atoms with Crippen LogP contribution in [0.2, 0.25) is 0 Å². The van der Waals surface area contributed by atoms with Gasteiger partial charge in [-0.15, -0.1) is 0 Å². The molecule has 0 radical (unpaired) electrons. The third kappa shape index (κ3) is 5.53. The number of nitrogens with zero attached hydrogens (tertiary/aromatic N) is 3. The number of amides is 3. The number of carbonyl (C=O) groups excluding carboxylic acids is 3. The lowest BCUT2D eigenvalue weighted by Gasteiger charge is -2.51. The van der Waals surface area contributed by atoms with Gasteiger partial charge in [-0.2, -0.15) is 5.10 Å². The van der Waals surface area contributed by atoms with Crippen LogP contribution >= 0.6 is 0 Å². The van der Waals surface area contributed by atoms with Crippen molar-refractivity contribution >= 4 is 28.6 Å². The second kappa shape index (κ2) is 10.8. The number of piperidine rings is 2. The van der Waals surface area contributed by atoms with Gasteiger partial charge in [-0.05, 0) is 61.8 Å². The lowest BCUT2D eigenvalue weighted by atomic mass is 9.77. The molecule has 3 aliphatic heterocycles. The summed E-state index contributed by atoms with van der Waals surface area (Å²) in [4.78, 5) is 43.9. The van der Waals surface area contributed by atoms with Gasteiger partial charge in [0.25, 0.3) is 5.91 Å². The number of nitrogens with one attached hydrogen (secondary N) is 2. The zero-order valence-electron chi connectivity index (χ0n) is 22.4. The molecule has 3 aliphatic rings. The molecule has 0 aliphatic carbocycles. The highest BCUT2D eigenvalue weighted by Gasteiger charge is 2.44. The molecule has 2 aromatic rings. The van der Waals surface area contributed by atoms with Crippen molar-refractivity contribution < 1.29 is 14.4 Å². The SMILES string of the molecule is CC(C)[C@@H]1CC[C@@H](C)CC(=O)N2C[C@H]3C[C@@H](CN(C(=O)c4n[nH]c5ccccc45)C3)[C@@H]2CCCC(=O)N1. The van der Waals surface area contributed by atoms with E-state index in [1.807, 2.05) is 29.2 Å². The maximum absolute atomic E-state index is 13.6. The average Bonchev–Trinajstić information content (AvgIpc) is 3.30. The number of hydrogen-bond donors (Lipinski definition) is 2. The summed E-state index contributed by atoms with van der Waals surface area (Å²) in [5.74, 6) is 1.46. The highest BCUT2D eigenvalue weighted by molar-refractivity contribution is 6.04. The van der Waals surface area contributed by atoms with Crippen molar-refractivity contribution in [2.24, 2.45) is 23.7 Å². The van der Waals surface area contributed by atoms with E-state index >= 15 is 0 Å². The van der Waals surface area contributed by atoms with Crippen LogP contribution in [0.15, 0.2) is 24.3 Å². The second-order valence-corrected chi connectivity index (χ2v) is 12.0. The van der Waals surface area contributed by atoms with E-state index in [1.165, 1.54) is 0 Å². The normalized spacial score (nSPS) is 29.8. The van der Waals surface area contributed by atoms with Crippen LogP contribution in [0, 0.1) is 23.7 Å². The Kier molecular flexibility index (Phi) is 7.54. The first kappa shape index (κ1) is 25.7. The van der Waals surface area contributed by atoms with E-state index in [1.54, 1.807) is 0 Å². The number of benzene rings is 1. The molecule has 3 fully saturated rings. The first-order chi connectivity index (χ1) is 17.8. The molecule has 4 heterocycles. The summed E-state index contributed by atoms with van der Waals surface area (Å²) in [5.41, 5.74) is 1.34. The van der Waals surface area contributed by atoms with E-state index in [-0.39, 0.29) is 47.6 Å². The zero-order chi connectivity index (χ0) is 26.1. The number of H-pyrrole nitrogens is 1. The Hall–Kier alpha value is -2.90. The molecule has 37 heavy (non-hydrogen) atoms. The highest BCUT2D eigenvalue weighted by atomic mass is 16.2. The van der Waals surface area contributed by atoms with Gasteiger partial charge >= 0.3 is 0 Å². The molecule has 0 saturated carbocycles. The molecule has 5 rings (SSSR count). The first-order valence-corrected chi connectivity index (χ1v) is 14.1. The van der Waals surface area contributed by atoms with Gasteiger partial charge < -0.3 is 15.1 Å². The average molecular weight is 508 g/mol. The largest absolute Gasteiger partial charge is 0.353 e. The van der Waals surface area contributed by atoms with Crippen LogP contribution in [0.3, 0.4) is 0 Å². The summed E-state index contributed by atoms with van der Waals surface area (Å²) in [6.07, 6.45) is 5.44. The smallest absolute Gasteiger partial charge is 0.275 e. The maximum atomic E-state index is 13.6. The number of hydrogen-bond acceptors (Lipinski definition) is 4. The van der Waals surface area contributed by atoms with Crippen molar-refractivity contribution in [3.8, 4) is 0 Å². The monoisotopic (exact) mass is 507 g/mol. The van der Waals surface area contributed by atoms with Crippen molar-refractivity contribution in [3.63, 3.8) is 0 Å². The molecule has 1 aromatic carbocycles. The number of para-hydroxylation sites is 1. The fraction of sp³-hybridized carbons (Fsp3) is 0.655. The summed E-state index contributed by atoms with van der Waals surface area (Å²) in [6, 6.07) is 7.95. The number of fused-ring (bicyclic) bond motifs is 5. The predicted molar refractivity (Wildman–Crippen MR) is 143 cm³/mol. The van der Waals surface area contributed by atoms with Gasteiger partial charge in [-0.3, -0.25) is 19.5 Å². The van der Waals surface area contributed by atoms with Gasteiger partial charge in [0.15, 0.2) is 5.69 Å². The molecule has 3 saturated heterocycles. The van der Waals surface area contributed by atoms with E-state index in [4.69, 9.17) is 0 Å². The first-order valence-electron chi connectivity index (χ1n) is 14.1. The van der Waals surface area contributed by atoms with Crippen molar-refractivity contribution in [1.82, 2.24) is 25.3 Å². The van der Waals surface area contributed by atoms with Crippen LogP contribution in [-0.2, 0) is 9.59 Å². The Morgan fingerprint density at radius 1 is 1.08 bits per heavy atom. The maximum Gasteiger partial charge on any atom is 0.275 e. The quantitative estimate of drug-likeness (QED) is 0.642. The molecule has 1 aromatic heterocycles. The third-order valence-corrected chi connectivity index (χ3v) is 8.80. The topological polar surface area (TPSA) is 98.4 Å². The van der Waals surface area contributed by atoms with Crippen molar-refractivity contribution in [1.29, 1.82) is 0 Å². The van der Waals surface area contributed by atoms with Gasteiger partial charge in [0.05, 0.1) is 5.52 Å². The van der Waals surface area contributed by atoms with Crippen LogP contribution < -0.4 is 5.32 Å². The molecule has 8 heteroatoms. The van der Waals surface area contributed by atoms with Gasteiger partial charge in [0.1, 0.15) is 0 Å². The minimum absolute atomic E-state index is 0.0377. The van der Waals surface area contributed by atoms with Gasteiger partial charge in [-0.25, -0.2) is 0 Å². The fourth-order valence-electron chi connectivity index (χ4n) is 6.75. The standard InChI is InChI=1S/C29H41N5O3/c1-18(2)23-12-11-19(3)13-27(36)34-16-20-14-21(25(34)9-6-10-26(35)30-23)17-33(15-20)29(37)28-22-7-4-5-8-24(22)31-32-28/h4-5,7-8,18-21,23,25H,6,9-17H2,1-3H3,(H,30,35)(H,31,32)/t19-,20+,21+,23+,25+/m1/s1. The van der Waals surface area contributed by atoms with Crippen LogP contribution in [0.25, 0.3) is 10.9 Å². The number of likely N-dealkylation sites (tertiary alicyclic amines) is 1. The highest BCUT2D eigenvalue weighted by Crippen LogP contribution is 2.37. The van der Waals surface area contributed by atoms with Crippen LogP contribution in [0.1, 0.15) is 76.2 Å². The number of aromatic nitrogens is 2. The lowest BCUT2D eigenvalue weighted by molar-refractivity contribution is -0.141. The molecule has 5 atom stereocenters. The Morgan fingerprint density at radius 3 is 2.70 bits per heavy atom. The van der Waals surface area contributed by atoms with Crippen LogP contribution in [-0.4, -0.2) is 69.4 Å². The van der Waals surface area contributed by atoms with Crippen molar-refractivity contribution in [3.05, 3.63) is 30.0 Å². The number of aromatic amines is 1. The minimum atomic E-state index is -0.0377. The molecule has 0 spiro atoms. The Bertz CT molecular complexity index is 1140. The van der Waals surface area contributed by atoms with E-state index in [2.05, 4.69) is 41.2 Å². The lowest BCUT2D eigenvalue weighted by Crippen LogP contribution is -2.60. The van der Waals surface area contributed by atoms with E-state index in [0.29, 0.717) is 44.1 Å². The fourth-order valence-corrected chi connectivity index (χ4v) is 6.75. The van der Waals surface area contributed by atoms with E-state index < -0.39 is 0 Å². The molecule has 200 valence electrons. The minimum Gasteiger partial charge on any atom is -0.353 e. The van der Waals surface area contributed by atoms with Crippen molar-refractivity contribution in [2.75, 3.05) is 19.6 Å². The number of carbonyl (C=O) groups is 3. The summed E-state index contributed by atoms with van der Waals surface area (Å²) in [7, 11) is 0. The predicted octanol–water partition coefficient (Wildman–Crippen LogP) is 3.98. The van der Waals surface area contributed by atoms with Gasteiger partial charge in [0.2, 0.25) is 11.8 Å². The van der Waals surface area contributed by atoms with E-state index in [0.717, 1.165) is 43.0 Å². The number of rotatable bonds is 2. The molecule has 8 nitrogen and oxygen atoms in total. The van der Waals surface area contributed by atoms with Gasteiger partial charge in [0, 0.05) is 49.9 Å². The molecular weight excluding hydrogens is 466 g/mol. The van der Waals surface area contributed by atoms with Crippen LogP contribution in [0.4, 0.5) is 0 Å². The Morgan fingerprint density at radius 2 is 1.89 bits per heavy atom. The Balaban J connectivity index is 1.34. The van der Waals surface area contributed by atoms with Crippen LogP contribution in [0.5, 0.6) is 0 Å². The second-order valence-electron chi connectivity index (χ2n) is 12.0. The van der Waals surface area contributed by atoms with Crippen molar-refractivity contribution in [2.45, 2.75) is 77.8 Å². The molecule has 3 amide bonds. The summed E-state index contributed by atoms with van der Waals surface area (Å²) < 4.78 is 0. The third-order valence-electron chi connectivity index (χ3n) is 8.80. The summed E-state index contributed by atoms with van der Waals surface area (Å²) in [6.45, 7) is 8.43. The molecular formula is C29H41N5O3. The molecule has 2 N–H and O–H groups in total. The van der Waals surface area contributed by atoms with E-state index in [9.17, 15) is 14.4 Å². The molecule has 2 bridgehead atoms. The summed E-state index contributed by atoms with van der Waals surface area (Å²) >= 11 is 0. The summed E-state index contributed by atoms with van der Waals surface area (Å²) in [5, 5.41) is 11.4. The molecule has 0 unspecified atom stereocenters.